The molecule has 54 valence electrons. The van der Waals surface area contributed by atoms with E-state index in [2.05, 4.69) is 39.9 Å². The molecule has 1 aromatic carbocycles. The Morgan fingerprint density at radius 3 is 2.64 bits per heavy atom. The molecule has 1 rings (SSSR count). The first kappa shape index (κ1) is 8.55. The highest BCUT2D eigenvalue weighted by molar-refractivity contribution is 6.41. The maximum absolute atomic E-state index is 3.34. The van der Waals surface area contributed by atoms with Crippen LogP contribution in [-0.4, -0.2) is 20.8 Å². The van der Waals surface area contributed by atoms with Gasteiger partial charge in [-0.1, -0.05) is 19.1 Å². The number of nitrogens with zero attached hydrogens (tertiary/aromatic N) is 1. The number of aryl methyl sites for hydroxylation is 1. The van der Waals surface area contributed by atoms with E-state index in [-0.39, 0.29) is 0 Å². The maximum Gasteiger partial charge on any atom is 0.178 e. The van der Waals surface area contributed by atoms with Crippen LogP contribution in [0.2, 0.25) is 0 Å². The van der Waals surface area contributed by atoms with E-state index in [1.165, 1.54) is 5.56 Å². The molecule has 1 aromatic rings. The third kappa shape index (κ3) is 2.20. The Bertz CT molecular complexity index is 235. The number of rotatable bonds is 2. The molecule has 0 saturated heterocycles. The van der Waals surface area contributed by atoms with Gasteiger partial charge in [-0.25, -0.2) is 0 Å². The Balaban J connectivity index is 2.91. The number of benzene rings is 1. The molecule has 0 amide bonds. The van der Waals surface area contributed by atoms with Crippen LogP contribution in [-0.2, 0) is 6.42 Å². The van der Waals surface area contributed by atoms with Crippen LogP contribution in [0.3, 0.4) is 0 Å². The van der Waals surface area contributed by atoms with Gasteiger partial charge in [-0.3, -0.25) is 0 Å². The van der Waals surface area contributed by atoms with Crippen molar-refractivity contribution in [1.82, 2.24) is 0 Å². The van der Waals surface area contributed by atoms with E-state index < -0.39 is 0 Å². The van der Waals surface area contributed by atoms with Crippen molar-refractivity contribution in [3.05, 3.63) is 29.8 Å². The molecule has 0 unspecified atom stereocenters. The molecule has 11 heavy (non-hydrogen) atoms. The molecule has 0 atom stereocenters. The zero-order valence-corrected chi connectivity index (χ0v) is 8.46. The van der Waals surface area contributed by atoms with Gasteiger partial charge in [0.25, 0.3) is 0 Å². The summed E-state index contributed by atoms with van der Waals surface area (Å²) in [5.74, 6) is 0. The SMILES string of the molecule is CCc1cccc(N([Si])[Si])c1. The highest BCUT2D eigenvalue weighted by Crippen LogP contribution is 2.12. The predicted molar refractivity (Wildman–Crippen MR) is 49.8 cm³/mol. The van der Waals surface area contributed by atoms with Crippen molar-refractivity contribution in [2.45, 2.75) is 13.3 Å². The summed E-state index contributed by atoms with van der Waals surface area (Å²) in [7, 11) is 6.68. The second kappa shape index (κ2) is 3.73. The molecule has 0 aliphatic rings. The summed E-state index contributed by atoms with van der Waals surface area (Å²) in [6, 6.07) is 8.31. The van der Waals surface area contributed by atoms with Crippen LogP contribution in [0.1, 0.15) is 12.5 Å². The summed E-state index contributed by atoms with van der Waals surface area (Å²) in [6.07, 6.45) is 1.07. The van der Waals surface area contributed by atoms with Crippen LogP contribution in [0.15, 0.2) is 24.3 Å². The third-order valence-electron chi connectivity index (χ3n) is 1.58. The molecular formula is C8H9NSi2. The van der Waals surface area contributed by atoms with Gasteiger partial charge in [-0.15, -0.1) is 0 Å². The van der Waals surface area contributed by atoms with Crippen molar-refractivity contribution in [2.75, 3.05) is 4.23 Å². The lowest BCUT2D eigenvalue weighted by atomic mass is 10.1. The van der Waals surface area contributed by atoms with Gasteiger partial charge in [-0.05, 0) is 24.1 Å². The highest BCUT2D eigenvalue weighted by Gasteiger charge is 1.94. The maximum atomic E-state index is 3.34. The lowest BCUT2D eigenvalue weighted by molar-refractivity contribution is 1.14. The summed E-state index contributed by atoms with van der Waals surface area (Å²) in [4.78, 5) is 0. The minimum absolute atomic E-state index is 1.07. The van der Waals surface area contributed by atoms with Gasteiger partial charge in [0.05, 0.1) is 0 Å². The van der Waals surface area contributed by atoms with E-state index in [9.17, 15) is 0 Å². The van der Waals surface area contributed by atoms with Crippen LogP contribution in [0.25, 0.3) is 0 Å². The first-order chi connectivity index (χ1) is 5.24. The summed E-state index contributed by atoms with van der Waals surface area (Å²) < 4.78 is 1.74. The van der Waals surface area contributed by atoms with Gasteiger partial charge >= 0.3 is 0 Å². The summed E-state index contributed by atoms with van der Waals surface area (Å²) in [5, 5.41) is 0. The highest BCUT2D eigenvalue weighted by atomic mass is 28.2. The minimum atomic E-state index is 1.07. The average molecular weight is 175 g/mol. The van der Waals surface area contributed by atoms with Crippen LogP contribution in [0.4, 0.5) is 5.69 Å². The van der Waals surface area contributed by atoms with Gasteiger partial charge < -0.3 is 4.23 Å². The molecule has 0 spiro atoms. The molecule has 0 saturated carbocycles. The Morgan fingerprint density at radius 2 is 2.09 bits per heavy atom. The average Bonchev–Trinajstić information content (AvgIpc) is 2.05. The lowest BCUT2D eigenvalue weighted by Crippen LogP contribution is -2.13. The zero-order valence-electron chi connectivity index (χ0n) is 6.46. The fourth-order valence-corrected chi connectivity index (χ4v) is 1.19. The van der Waals surface area contributed by atoms with Crippen LogP contribution >= 0.6 is 0 Å². The molecule has 0 N–H and O–H groups in total. The van der Waals surface area contributed by atoms with Gasteiger partial charge in [0, 0.05) is 5.69 Å². The van der Waals surface area contributed by atoms with Gasteiger partial charge in [-0.2, -0.15) is 0 Å². The topological polar surface area (TPSA) is 3.24 Å². The first-order valence-corrected chi connectivity index (χ1v) is 4.45. The summed E-state index contributed by atoms with van der Waals surface area (Å²) in [5.41, 5.74) is 2.45. The van der Waals surface area contributed by atoms with Gasteiger partial charge in [0.1, 0.15) is 0 Å². The van der Waals surface area contributed by atoms with Crippen molar-refractivity contribution in [3.8, 4) is 0 Å². The second-order valence-electron chi connectivity index (χ2n) is 2.36. The van der Waals surface area contributed by atoms with Crippen molar-refractivity contribution < 1.29 is 0 Å². The van der Waals surface area contributed by atoms with E-state index >= 15 is 0 Å². The van der Waals surface area contributed by atoms with E-state index in [1.807, 2.05) is 12.1 Å². The van der Waals surface area contributed by atoms with E-state index in [4.69, 9.17) is 0 Å². The first-order valence-electron chi connectivity index (χ1n) is 3.55. The number of hydrogen-bond donors (Lipinski definition) is 0. The molecular weight excluding hydrogens is 166 g/mol. The molecule has 0 aliphatic carbocycles. The predicted octanol–water partition coefficient (Wildman–Crippen LogP) is 1.22. The largest absolute Gasteiger partial charge is 0.429 e. The molecule has 3 heteroatoms. The molecule has 0 aromatic heterocycles. The van der Waals surface area contributed by atoms with E-state index in [0.29, 0.717) is 0 Å². The minimum Gasteiger partial charge on any atom is -0.429 e. The Kier molecular flexibility index (Phi) is 2.90. The van der Waals surface area contributed by atoms with Crippen molar-refractivity contribution in [3.63, 3.8) is 0 Å². The normalized spacial score (nSPS) is 9.73. The lowest BCUT2D eigenvalue weighted by Gasteiger charge is -2.12. The van der Waals surface area contributed by atoms with Crippen LogP contribution in [0.5, 0.6) is 0 Å². The zero-order chi connectivity index (χ0) is 8.27. The summed E-state index contributed by atoms with van der Waals surface area (Å²) in [6.45, 7) is 2.14. The fourth-order valence-electron chi connectivity index (χ4n) is 0.915. The number of hydrogen-bond acceptors (Lipinski definition) is 1. The number of anilines is 1. The molecule has 0 bridgehead atoms. The second-order valence-corrected chi connectivity index (χ2v) is 3.70. The smallest absolute Gasteiger partial charge is 0.178 e. The molecule has 0 heterocycles. The van der Waals surface area contributed by atoms with Crippen molar-refractivity contribution in [2.24, 2.45) is 0 Å². The van der Waals surface area contributed by atoms with Crippen molar-refractivity contribution >= 4 is 26.5 Å². The third-order valence-corrected chi connectivity index (χ3v) is 2.09. The van der Waals surface area contributed by atoms with E-state index in [1.54, 1.807) is 4.23 Å². The molecule has 1 nitrogen and oxygen atoms in total. The standard InChI is InChI=1S/C8H9NSi2/c1-2-7-4-3-5-8(6-7)9(10)11/h3-6H,2H2,1H3. The van der Waals surface area contributed by atoms with Crippen molar-refractivity contribution in [1.29, 1.82) is 0 Å². The Hall–Kier alpha value is -0.546. The molecule has 6 radical (unpaired) electrons. The van der Waals surface area contributed by atoms with E-state index in [0.717, 1.165) is 12.1 Å². The van der Waals surface area contributed by atoms with Gasteiger partial charge in [0.2, 0.25) is 0 Å². The Labute approximate surface area is 74.4 Å². The fraction of sp³-hybridized carbons (Fsp3) is 0.250. The van der Waals surface area contributed by atoms with Gasteiger partial charge in [0.15, 0.2) is 20.8 Å². The summed E-state index contributed by atoms with van der Waals surface area (Å²) >= 11 is 0. The monoisotopic (exact) mass is 175 g/mol. The molecule has 0 fully saturated rings. The Morgan fingerprint density at radius 1 is 1.36 bits per heavy atom. The molecule has 0 aliphatic heterocycles. The quantitative estimate of drug-likeness (QED) is 0.611. The van der Waals surface area contributed by atoms with Crippen LogP contribution < -0.4 is 4.23 Å². The van der Waals surface area contributed by atoms with Crippen LogP contribution in [0, 0.1) is 0 Å².